The van der Waals surface area contributed by atoms with Crippen LogP contribution in [0.1, 0.15) is 27.2 Å². The summed E-state index contributed by atoms with van der Waals surface area (Å²) in [4.78, 5) is 16.6. The molecule has 1 heterocycles. The number of carbonyl (C=O) groups excluding carboxylic acids is 1. The number of nitrogens with zero attached hydrogens (tertiary/aromatic N) is 2. The number of likely N-dealkylation sites (N-methyl/N-ethyl adjacent to an activating group) is 1. The number of carbonyl (C=O) groups is 1. The van der Waals surface area contributed by atoms with Crippen LogP contribution < -0.4 is 5.73 Å². The minimum absolute atomic E-state index is 0.0195. The molecule has 17 heavy (non-hydrogen) atoms. The first kappa shape index (κ1) is 14.5. The third-order valence-corrected chi connectivity index (χ3v) is 3.72. The van der Waals surface area contributed by atoms with Crippen LogP contribution >= 0.6 is 0 Å². The quantitative estimate of drug-likeness (QED) is 0.791. The Morgan fingerprint density at radius 3 is 2.41 bits per heavy atom. The van der Waals surface area contributed by atoms with Gasteiger partial charge in [-0.05, 0) is 45.8 Å². The standard InChI is InChI=1S/C13H27N3O/c1-9(2)12(15(4)5)13(17)16-8-11(7-14)6-10(16)3/h9-12H,6-8,14H2,1-5H3. The first-order chi connectivity index (χ1) is 7.88. The predicted octanol–water partition coefficient (Wildman–Crippen LogP) is 0.768. The van der Waals surface area contributed by atoms with Crippen LogP contribution in [0, 0.1) is 11.8 Å². The monoisotopic (exact) mass is 241 g/mol. The van der Waals surface area contributed by atoms with Gasteiger partial charge in [0.25, 0.3) is 0 Å². The van der Waals surface area contributed by atoms with E-state index in [0.717, 1.165) is 13.0 Å². The van der Waals surface area contributed by atoms with Crippen molar-refractivity contribution in [1.82, 2.24) is 9.80 Å². The first-order valence-corrected chi connectivity index (χ1v) is 6.55. The second kappa shape index (κ2) is 5.83. The molecule has 0 aromatic rings. The Morgan fingerprint density at radius 1 is 1.47 bits per heavy atom. The van der Waals surface area contributed by atoms with Crippen LogP contribution in [0.25, 0.3) is 0 Å². The van der Waals surface area contributed by atoms with Crippen molar-refractivity contribution >= 4 is 5.91 Å². The molecule has 0 bridgehead atoms. The van der Waals surface area contributed by atoms with Crippen molar-refractivity contribution in [2.75, 3.05) is 27.2 Å². The van der Waals surface area contributed by atoms with Gasteiger partial charge in [0.2, 0.25) is 5.91 Å². The molecule has 1 amide bonds. The van der Waals surface area contributed by atoms with Gasteiger partial charge in [-0.3, -0.25) is 9.69 Å². The lowest BCUT2D eigenvalue weighted by atomic mass is 10.0. The number of likely N-dealkylation sites (tertiary alicyclic amines) is 1. The molecular formula is C13H27N3O. The Balaban J connectivity index is 2.75. The summed E-state index contributed by atoms with van der Waals surface area (Å²) >= 11 is 0. The predicted molar refractivity (Wildman–Crippen MR) is 70.6 cm³/mol. The SMILES string of the molecule is CC(C)C(C(=O)N1CC(CN)CC1C)N(C)C. The van der Waals surface area contributed by atoms with Gasteiger partial charge in [0.1, 0.15) is 0 Å². The third-order valence-electron chi connectivity index (χ3n) is 3.72. The highest BCUT2D eigenvalue weighted by atomic mass is 16.2. The fourth-order valence-corrected chi connectivity index (χ4v) is 2.89. The van der Waals surface area contributed by atoms with E-state index in [1.807, 2.05) is 23.9 Å². The highest BCUT2D eigenvalue weighted by molar-refractivity contribution is 5.82. The molecule has 1 rings (SSSR count). The van der Waals surface area contributed by atoms with E-state index in [1.165, 1.54) is 0 Å². The van der Waals surface area contributed by atoms with E-state index in [9.17, 15) is 4.79 Å². The highest BCUT2D eigenvalue weighted by Crippen LogP contribution is 2.24. The zero-order chi connectivity index (χ0) is 13.2. The van der Waals surface area contributed by atoms with E-state index in [4.69, 9.17) is 5.73 Å². The molecule has 0 aromatic heterocycles. The maximum atomic E-state index is 12.5. The van der Waals surface area contributed by atoms with E-state index in [-0.39, 0.29) is 11.9 Å². The van der Waals surface area contributed by atoms with E-state index in [2.05, 4.69) is 20.8 Å². The number of amides is 1. The van der Waals surface area contributed by atoms with Crippen molar-refractivity contribution in [3.8, 4) is 0 Å². The molecule has 1 aliphatic rings. The molecule has 0 spiro atoms. The molecule has 4 nitrogen and oxygen atoms in total. The molecule has 4 heteroatoms. The normalized spacial score (nSPS) is 26.9. The molecule has 1 saturated heterocycles. The maximum Gasteiger partial charge on any atom is 0.240 e. The average Bonchev–Trinajstić information content (AvgIpc) is 2.58. The van der Waals surface area contributed by atoms with Crippen LogP contribution in [0.2, 0.25) is 0 Å². The molecule has 0 radical (unpaired) electrons. The summed E-state index contributed by atoms with van der Waals surface area (Å²) in [7, 11) is 3.95. The summed E-state index contributed by atoms with van der Waals surface area (Å²) in [6, 6.07) is 0.311. The molecule has 0 saturated carbocycles. The Bertz CT molecular complexity index is 257. The number of rotatable bonds is 4. The van der Waals surface area contributed by atoms with Crippen molar-refractivity contribution < 1.29 is 4.79 Å². The fourth-order valence-electron chi connectivity index (χ4n) is 2.89. The van der Waals surface area contributed by atoms with Gasteiger partial charge in [0, 0.05) is 12.6 Å². The van der Waals surface area contributed by atoms with Crippen molar-refractivity contribution in [2.24, 2.45) is 17.6 Å². The molecule has 2 N–H and O–H groups in total. The van der Waals surface area contributed by atoms with E-state index in [1.54, 1.807) is 0 Å². The van der Waals surface area contributed by atoms with Crippen LogP contribution in [-0.2, 0) is 4.79 Å². The van der Waals surface area contributed by atoms with Gasteiger partial charge in [-0.1, -0.05) is 13.8 Å². The number of hydrogen-bond donors (Lipinski definition) is 1. The second-order valence-corrected chi connectivity index (χ2v) is 5.83. The number of nitrogens with two attached hydrogens (primary N) is 1. The maximum absolute atomic E-state index is 12.5. The Kier molecular flexibility index (Phi) is 4.95. The highest BCUT2D eigenvalue weighted by Gasteiger charge is 2.36. The first-order valence-electron chi connectivity index (χ1n) is 6.55. The van der Waals surface area contributed by atoms with Gasteiger partial charge < -0.3 is 10.6 Å². The largest absolute Gasteiger partial charge is 0.338 e. The van der Waals surface area contributed by atoms with Gasteiger partial charge >= 0.3 is 0 Å². The van der Waals surface area contributed by atoms with Gasteiger partial charge in [-0.15, -0.1) is 0 Å². The summed E-state index contributed by atoms with van der Waals surface area (Å²) in [5.41, 5.74) is 5.71. The average molecular weight is 241 g/mol. The van der Waals surface area contributed by atoms with E-state index in [0.29, 0.717) is 24.4 Å². The van der Waals surface area contributed by atoms with Crippen molar-refractivity contribution in [3.63, 3.8) is 0 Å². The molecule has 1 aliphatic heterocycles. The molecule has 1 fully saturated rings. The summed E-state index contributed by atoms with van der Waals surface area (Å²) < 4.78 is 0. The van der Waals surface area contributed by atoms with Gasteiger partial charge in [0.15, 0.2) is 0 Å². The lowest BCUT2D eigenvalue weighted by Crippen LogP contribution is -2.49. The molecule has 3 unspecified atom stereocenters. The minimum Gasteiger partial charge on any atom is -0.338 e. The summed E-state index contributed by atoms with van der Waals surface area (Å²) in [5.74, 6) is 1.07. The van der Waals surface area contributed by atoms with Gasteiger partial charge in [0.05, 0.1) is 6.04 Å². The third kappa shape index (κ3) is 3.19. The number of hydrogen-bond acceptors (Lipinski definition) is 3. The van der Waals surface area contributed by atoms with Gasteiger partial charge in [-0.25, -0.2) is 0 Å². The van der Waals surface area contributed by atoms with Crippen LogP contribution in [0.5, 0.6) is 0 Å². The van der Waals surface area contributed by atoms with E-state index >= 15 is 0 Å². The van der Waals surface area contributed by atoms with Crippen LogP contribution in [0.15, 0.2) is 0 Å². The Morgan fingerprint density at radius 2 is 2.06 bits per heavy atom. The zero-order valence-electron chi connectivity index (χ0n) is 11.8. The molecular weight excluding hydrogens is 214 g/mol. The topological polar surface area (TPSA) is 49.6 Å². The molecule has 0 aliphatic carbocycles. The van der Waals surface area contributed by atoms with Crippen molar-refractivity contribution in [3.05, 3.63) is 0 Å². The zero-order valence-corrected chi connectivity index (χ0v) is 11.8. The van der Waals surface area contributed by atoms with Gasteiger partial charge in [-0.2, -0.15) is 0 Å². The van der Waals surface area contributed by atoms with Crippen LogP contribution in [-0.4, -0.2) is 55.0 Å². The smallest absolute Gasteiger partial charge is 0.240 e. The van der Waals surface area contributed by atoms with E-state index < -0.39 is 0 Å². The molecule has 0 aromatic carbocycles. The molecule has 100 valence electrons. The fraction of sp³-hybridized carbons (Fsp3) is 0.923. The second-order valence-electron chi connectivity index (χ2n) is 5.83. The van der Waals surface area contributed by atoms with Crippen LogP contribution in [0.3, 0.4) is 0 Å². The lowest BCUT2D eigenvalue weighted by molar-refractivity contribution is -0.138. The lowest BCUT2D eigenvalue weighted by Gasteiger charge is -2.33. The Hall–Kier alpha value is -0.610. The summed E-state index contributed by atoms with van der Waals surface area (Å²) in [6.45, 7) is 7.84. The molecule has 3 atom stereocenters. The minimum atomic E-state index is -0.0195. The summed E-state index contributed by atoms with van der Waals surface area (Å²) in [6.07, 6.45) is 1.04. The van der Waals surface area contributed by atoms with Crippen molar-refractivity contribution in [2.45, 2.75) is 39.3 Å². The Labute approximate surface area is 105 Å². The van der Waals surface area contributed by atoms with Crippen LogP contribution in [0.4, 0.5) is 0 Å². The van der Waals surface area contributed by atoms with Crippen molar-refractivity contribution in [1.29, 1.82) is 0 Å². The summed E-state index contributed by atoms with van der Waals surface area (Å²) in [5, 5.41) is 0.